The van der Waals surface area contributed by atoms with E-state index in [2.05, 4.69) is 11.2 Å². The average Bonchev–Trinajstić information content (AvgIpc) is 1.98. The SMILES string of the molecule is CC=CCCCC(C)=NO. The second-order valence-electron chi connectivity index (χ2n) is 2.30. The zero-order valence-electron chi connectivity index (χ0n) is 6.67. The summed E-state index contributed by atoms with van der Waals surface area (Å²) in [5, 5.41) is 11.3. The minimum atomic E-state index is 0.810. The van der Waals surface area contributed by atoms with Crippen molar-refractivity contribution in [2.75, 3.05) is 0 Å². The van der Waals surface area contributed by atoms with Crippen LogP contribution in [0.2, 0.25) is 0 Å². The molecule has 0 aromatic rings. The Kier molecular flexibility index (Phi) is 5.83. The van der Waals surface area contributed by atoms with Gasteiger partial charge in [0, 0.05) is 0 Å². The van der Waals surface area contributed by atoms with Gasteiger partial charge in [-0.1, -0.05) is 17.3 Å². The van der Waals surface area contributed by atoms with Crippen molar-refractivity contribution in [1.29, 1.82) is 0 Å². The van der Waals surface area contributed by atoms with E-state index in [4.69, 9.17) is 5.21 Å². The van der Waals surface area contributed by atoms with Crippen LogP contribution in [-0.2, 0) is 0 Å². The highest BCUT2D eigenvalue weighted by atomic mass is 16.4. The Labute approximate surface area is 62.2 Å². The third-order valence-corrected chi connectivity index (χ3v) is 1.32. The first kappa shape index (κ1) is 9.21. The zero-order chi connectivity index (χ0) is 7.82. The minimum Gasteiger partial charge on any atom is -0.411 e. The van der Waals surface area contributed by atoms with E-state index in [1.54, 1.807) is 0 Å². The molecule has 0 amide bonds. The molecule has 0 rings (SSSR count). The highest BCUT2D eigenvalue weighted by Crippen LogP contribution is 1.97. The summed E-state index contributed by atoms with van der Waals surface area (Å²) in [7, 11) is 0. The summed E-state index contributed by atoms with van der Waals surface area (Å²) in [5.74, 6) is 0. The lowest BCUT2D eigenvalue weighted by molar-refractivity contribution is 0.317. The molecule has 0 saturated carbocycles. The van der Waals surface area contributed by atoms with Gasteiger partial charge in [0.1, 0.15) is 0 Å². The molecule has 0 bridgehead atoms. The van der Waals surface area contributed by atoms with E-state index >= 15 is 0 Å². The Morgan fingerprint density at radius 2 is 2.30 bits per heavy atom. The lowest BCUT2D eigenvalue weighted by Gasteiger charge is -1.93. The molecule has 0 unspecified atom stereocenters. The summed E-state index contributed by atoms with van der Waals surface area (Å²) >= 11 is 0. The summed E-state index contributed by atoms with van der Waals surface area (Å²) in [6.45, 7) is 3.84. The molecule has 0 aliphatic carbocycles. The summed E-state index contributed by atoms with van der Waals surface area (Å²) in [6.07, 6.45) is 7.18. The largest absolute Gasteiger partial charge is 0.411 e. The van der Waals surface area contributed by atoms with Crippen LogP contribution in [0.25, 0.3) is 0 Å². The first-order valence-corrected chi connectivity index (χ1v) is 3.60. The highest BCUT2D eigenvalue weighted by molar-refractivity contribution is 5.81. The standard InChI is InChI=1S/C8H15NO/c1-3-4-5-6-7-8(2)9-10/h3-4,10H,5-7H2,1-2H3. The van der Waals surface area contributed by atoms with Crippen LogP contribution in [0.4, 0.5) is 0 Å². The predicted molar refractivity (Wildman–Crippen MR) is 43.6 cm³/mol. The summed E-state index contributed by atoms with van der Waals surface area (Å²) in [5.41, 5.74) is 0.810. The van der Waals surface area contributed by atoms with Gasteiger partial charge in [-0.15, -0.1) is 0 Å². The van der Waals surface area contributed by atoms with E-state index < -0.39 is 0 Å². The van der Waals surface area contributed by atoms with E-state index in [-0.39, 0.29) is 0 Å². The van der Waals surface area contributed by atoms with Crippen LogP contribution in [0.15, 0.2) is 17.3 Å². The molecule has 0 aliphatic rings. The van der Waals surface area contributed by atoms with Gasteiger partial charge in [0.15, 0.2) is 0 Å². The van der Waals surface area contributed by atoms with Gasteiger partial charge in [-0.2, -0.15) is 0 Å². The third kappa shape index (κ3) is 5.35. The number of nitrogens with zero attached hydrogens (tertiary/aromatic N) is 1. The molecule has 0 aromatic carbocycles. The maximum absolute atomic E-state index is 8.26. The van der Waals surface area contributed by atoms with Gasteiger partial charge < -0.3 is 5.21 Å². The molecule has 0 radical (unpaired) electrons. The van der Waals surface area contributed by atoms with Crippen molar-refractivity contribution in [3.05, 3.63) is 12.2 Å². The zero-order valence-corrected chi connectivity index (χ0v) is 6.67. The van der Waals surface area contributed by atoms with Crippen molar-refractivity contribution >= 4 is 5.71 Å². The molecular formula is C8H15NO. The summed E-state index contributed by atoms with van der Waals surface area (Å²) in [4.78, 5) is 0. The van der Waals surface area contributed by atoms with Crippen molar-refractivity contribution in [2.45, 2.75) is 33.1 Å². The van der Waals surface area contributed by atoms with E-state index in [1.807, 2.05) is 19.9 Å². The molecular weight excluding hydrogens is 126 g/mol. The van der Waals surface area contributed by atoms with Gasteiger partial charge in [-0.05, 0) is 33.1 Å². The van der Waals surface area contributed by atoms with Gasteiger partial charge in [0.05, 0.1) is 5.71 Å². The number of unbranched alkanes of at least 4 members (excludes halogenated alkanes) is 1. The first-order chi connectivity index (χ1) is 4.81. The number of hydrogen-bond acceptors (Lipinski definition) is 2. The Bertz CT molecular complexity index is 127. The molecule has 0 aliphatic heterocycles. The van der Waals surface area contributed by atoms with Crippen molar-refractivity contribution in [3.8, 4) is 0 Å². The fourth-order valence-electron chi connectivity index (χ4n) is 0.692. The van der Waals surface area contributed by atoms with Crippen LogP contribution in [-0.4, -0.2) is 10.9 Å². The van der Waals surface area contributed by atoms with Gasteiger partial charge >= 0.3 is 0 Å². The second-order valence-corrected chi connectivity index (χ2v) is 2.30. The van der Waals surface area contributed by atoms with Gasteiger partial charge in [-0.3, -0.25) is 0 Å². The molecule has 1 N–H and O–H groups in total. The van der Waals surface area contributed by atoms with Gasteiger partial charge in [0.2, 0.25) is 0 Å². The summed E-state index contributed by atoms with van der Waals surface area (Å²) < 4.78 is 0. The van der Waals surface area contributed by atoms with Crippen LogP contribution in [0.1, 0.15) is 33.1 Å². The Morgan fingerprint density at radius 3 is 2.80 bits per heavy atom. The molecule has 58 valence electrons. The van der Waals surface area contributed by atoms with Gasteiger partial charge in [-0.25, -0.2) is 0 Å². The molecule has 0 aromatic heterocycles. The molecule has 0 atom stereocenters. The molecule has 0 saturated heterocycles. The number of rotatable bonds is 4. The van der Waals surface area contributed by atoms with E-state index in [9.17, 15) is 0 Å². The fraction of sp³-hybridized carbons (Fsp3) is 0.625. The lowest BCUT2D eigenvalue weighted by Crippen LogP contribution is -1.89. The third-order valence-electron chi connectivity index (χ3n) is 1.32. The van der Waals surface area contributed by atoms with Gasteiger partial charge in [0.25, 0.3) is 0 Å². The maximum Gasteiger partial charge on any atom is 0.0540 e. The molecule has 0 heterocycles. The quantitative estimate of drug-likeness (QED) is 0.211. The molecule has 0 spiro atoms. The molecule has 10 heavy (non-hydrogen) atoms. The van der Waals surface area contributed by atoms with E-state index in [1.165, 1.54) is 0 Å². The average molecular weight is 141 g/mol. The number of hydrogen-bond donors (Lipinski definition) is 1. The van der Waals surface area contributed by atoms with Crippen LogP contribution in [0.3, 0.4) is 0 Å². The Hall–Kier alpha value is -0.790. The second kappa shape index (κ2) is 6.33. The van der Waals surface area contributed by atoms with Crippen molar-refractivity contribution in [1.82, 2.24) is 0 Å². The topological polar surface area (TPSA) is 32.6 Å². The smallest absolute Gasteiger partial charge is 0.0540 e. The number of oxime groups is 1. The monoisotopic (exact) mass is 141 g/mol. The molecule has 0 fully saturated rings. The fourth-order valence-corrected chi connectivity index (χ4v) is 0.692. The normalized spacial score (nSPS) is 12.8. The highest BCUT2D eigenvalue weighted by Gasteiger charge is 1.88. The molecule has 2 nitrogen and oxygen atoms in total. The Morgan fingerprint density at radius 1 is 1.60 bits per heavy atom. The summed E-state index contributed by atoms with van der Waals surface area (Å²) in [6, 6.07) is 0. The maximum atomic E-state index is 8.26. The minimum absolute atomic E-state index is 0.810. The van der Waals surface area contributed by atoms with Crippen LogP contribution >= 0.6 is 0 Å². The predicted octanol–water partition coefficient (Wildman–Crippen LogP) is 2.58. The Balaban J connectivity index is 3.20. The lowest BCUT2D eigenvalue weighted by atomic mass is 10.2. The van der Waals surface area contributed by atoms with Crippen molar-refractivity contribution in [2.24, 2.45) is 5.16 Å². The van der Waals surface area contributed by atoms with E-state index in [0.29, 0.717) is 0 Å². The van der Waals surface area contributed by atoms with E-state index in [0.717, 1.165) is 25.0 Å². The van der Waals surface area contributed by atoms with Crippen LogP contribution in [0.5, 0.6) is 0 Å². The van der Waals surface area contributed by atoms with Crippen LogP contribution in [0, 0.1) is 0 Å². The number of allylic oxidation sites excluding steroid dienone is 2. The first-order valence-electron chi connectivity index (χ1n) is 3.60. The van der Waals surface area contributed by atoms with Crippen molar-refractivity contribution in [3.63, 3.8) is 0 Å². The van der Waals surface area contributed by atoms with Crippen LogP contribution < -0.4 is 0 Å². The van der Waals surface area contributed by atoms with Crippen molar-refractivity contribution < 1.29 is 5.21 Å². The molecule has 2 heteroatoms.